The molecule has 0 aliphatic carbocycles. The van der Waals surface area contributed by atoms with E-state index in [0.717, 1.165) is 23.4 Å². The van der Waals surface area contributed by atoms with Gasteiger partial charge in [-0.1, -0.05) is 49.4 Å². The van der Waals surface area contributed by atoms with Crippen molar-refractivity contribution in [3.05, 3.63) is 95.7 Å². The van der Waals surface area contributed by atoms with E-state index in [4.69, 9.17) is 4.74 Å². The molecule has 5 heteroatoms. The highest BCUT2D eigenvalue weighted by Crippen LogP contribution is 2.36. The Morgan fingerprint density at radius 2 is 1.47 bits per heavy atom. The minimum absolute atomic E-state index is 0.332. The SMILES string of the molecule is CCOc1ccc(C2=C(N(C)c3ccccc3)C(=O)N(c3ccc(CC)cc3)C2=O)cc1. The van der Waals surface area contributed by atoms with Crippen molar-refractivity contribution < 1.29 is 14.3 Å². The molecule has 0 atom stereocenters. The van der Waals surface area contributed by atoms with Gasteiger partial charge in [0.05, 0.1) is 17.9 Å². The average molecular weight is 427 g/mol. The molecule has 0 saturated carbocycles. The Labute approximate surface area is 188 Å². The zero-order valence-corrected chi connectivity index (χ0v) is 18.5. The van der Waals surface area contributed by atoms with E-state index in [1.807, 2.05) is 92.8 Å². The summed E-state index contributed by atoms with van der Waals surface area (Å²) >= 11 is 0. The van der Waals surface area contributed by atoms with Gasteiger partial charge in [0.2, 0.25) is 0 Å². The van der Waals surface area contributed by atoms with E-state index in [-0.39, 0.29) is 11.8 Å². The van der Waals surface area contributed by atoms with Crippen LogP contribution in [0.25, 0.3) is 5.57 Å². The molecule has 0 aromatic heterocycles. The molecule has 0 fully saturated rings. The Hall–Kier alpha value is -3.86. The number of anilines is 2. The molecule has 0 N–H and O–H groups in total. The van der Waals surface area contributed by atoms with Gasteiger partial charge in [0.15, 0.2) is 0 Å². The van der Waals surface area contributed by atoms with Gasteiger partial charge in [-0.15, -0.1) is 0 Å². The first-order valence-electron chi connectivity index (χ1n) is 10.8. The molecule has 0 spiro atoms. The largest absolute Gasteiger partial charge is 0.494 e. The van der Waals surface area contributed by atoms with E-state index in [9.17, 15) is 9.59 Å². The lowest BCUT2D eigenvalue weighted by atomic mass is 10.0. The van der Waals surface area contributed by atoms with Gasteiger partial charge < -0.3 is 9.64 Å². The minimum atomic E-state index is -0.338. The molecule has 0 bridgehead atoms. The molecule has 1 heterocycles. The number of imide groups is 1. The van der Waals surface area contributed by atoms with Gasteiger partial charge >= 0.3 is 0 Å². The van der Waals surface area contributed by atoms with Crippen molar-refractivity contribution in [2.75, 3.05) is 23.5 Å². The van der Waals surface area contributed by atoms with Crippen molar-refractivity contribution in [1.29, 1.82) is 0 Å². The number of benzene rings is 3. The second-order valence-corrected chi connectivity index (χ2v) is 7.54. The predicted molar refractivity (Wildman–Crippen MR) is 128 cm³/mol. The molecule has 3 aromatic rings. The van der Waals surface area contributed by atoms with Gasteiger partial charge in [0.25, 0.3) is 11.8 Å². The highest BCUT2D eigenvalue weighted by molar-refractivity contribution is 6.46. The molecule has 3 aromatic carbocycles. The number of rotatable bonds is 7. The highest BCUT2D eigenvalue weighted by atomic mass is 16.5. The molecule has 0 saturated heterocycles. The summed E-state index contributed by atoms with van der Waals surface area (Å²) in [5, 5.41) is 0. The number of aryl methyl sites for hydroxylation is 1. The first-order valence-corrected chi connectivity index (χ1v) is 10.8. The minimum Gasteiger partial charge on any atom is -0.494 e. The zero-order valence-electron chi connectivity index (χ0n) is 18.5. The Balaban J connectivity index is 1.81. The number of nitrogens with zero attached hydrogens (tertiary/aromatic N) is 2. The topological polar surface area (TPSA) is 49.9 Å². The summed E-state index contributed by atoms with van der Waals surface area (Å²) in [4.78, 5) is 30.3. The smallest absolute Gasteiger partial charge is 0.282 e. The Bertz CT molecular complexity index is 1150. The van der Waals surface area contributed by atoms with Crippen LogP contribution in [-0.2, 0) is 16.0 Å². The van der Waals surface area contributed by atoms with Crippen LogP contribution >= 0.6 is 0 Å². The van der Waals surface area contributed by atoms with Gasteiger partial charge in [-0.2, -0.15) is 0 Å². The molecule has 1 aliphatic heterocycles. The number of para-hydroxylation sites is 1. The van der Waals surface area contributed by atoms with E-state index in [1.54, 1.807) is 4.90 Å². The number of hydrogen-bond donors (Lipinski definition) is 0. The summed E-state index contributed by atoms with van der Waals surface area (Å²) in [6, 6.07) is 24.4. The Morgan fingerprint density at radius 1 is 0.812 bits per heavy atom. The summed E-state index contributed by atoms with van der Waals surface area (Å²) in [5.74, 6) is 0.0503. The van der Waals surface area contributed by atoms with Crippen LogP contribution in [0.1, 0.15) is 25.0 Å². The zero-order chi connectivity index (χ0) is 22.7. The monoisotopic (exact) mass is 426 g/mol. The van der Waals surface area contributed by atoms with E-state index in [0.29, 0.717) is 29.1 Å². The molecule has 0 unspecified atom stereocenters. The van der Waals surface area contributed by atoms with E-state index in [2.05, 4.69) is 6.92 Å². The number of hydrogen-bond acceptors (Lipinski definition) is 4. The molecule has 2 amide bonds. The first kappa shape index (κ1) is 21.4. The third-order valence-electron chi connectivity index (χ3n) is 5.60. The van der Waals surface area contributed by atoms with Crippen LogP contribution in [0.5, 0.6) is 5.75 Å². The summed E-state index contributed by atoms with van der Waals surface area (Å²) in [6.45, 7) is 4.55. The standard InChI is InChI=1S/C27H26N2O3/c1-4-19-11-15-22(16-12-19)29-26(30)24(20-13-17-23(18-14-20)32-5-2)25(27(29)31)28(3)21-9-7-6-8-10-21/h6-18H,4-5H2,1-3H3. The third kappa shape index (κ3) is 3.89. The molecule has 0 radical (unpaired) electrons. The lowest BCUT2D eigenvalue weighted by molar-refractivity contribution is -0.120. The van der Waals surface area contributed by atoms with E-state index >= 15 is 0 Å². The van der Waals surface area contributed by atoms with Gasteiger partial charge in [0, 0.05) is 12.7 Å². The van der Waals surface area contributed by atoms with E-state index in [1.165, 1.54) is 4.90 Å². The summed E-state index contributed by atoms with van der Waals surface area (Å²) in [5.41, 5.74) is 3.95. The van der Waals surface area contributed by atoms with Crippen molar-refractivity contribution in [2.24, 2.45) is 0 Å². The van der Waals surface area contributed by atoms with Crippen LogP contribution in [0.3, 0.4) is 0 Å². The van der Waals surface area contributed by atoms with Crippen LogP contribution in [0.4, 0.5) is 11.4 Å². The Kier molecular flexibility index (Phi) is 6.08. The van der Waals surface area contributed by atoms with Crippen molar-refractivity contribution >= 4 is 28.8 Å². The Morgan fingerprint density at radius 3 is 2.06 bits per heavy atom. The average Bonchev–Trinajstić information content (AvgIpc) is 3.10. The molecule has 5 nitrogen and oxygen atoms in total. The number of amides is 2. The molecular formula is C27H26N2O3. The van der Waals surface area contributed by atoms with Crippen molar-refractivity contribution in [3.8, 4) is 5.75 Å². The van der Waals surface area contributed by atoms with E-state index < -0.39 is 0 Å². The van der Waals surface area contributed by atoms with Gasteiger partial charge in [-0.05, 0) is 60.9 Å². The van der Waals surface area contributed by atoms with Crippen LogP contribution in [0, 0.1) is 0 Å². The van der Waals surface area contributed by atoms with Crippen LogP contribution < -0.4 is 14.5 Å². The van der Waals surface area contributed by atoms with Crippen molar-refractivity contribution in [2.45, 2.75) is 20.3 Å². The summed E-state index contributed by atoms with van der Waals surface area (Å²) in [7, 11) is 1.81. The fourth-order valence-corrected chi connectivity index (χ4v) is 3.87. The lowest BCUT2D eigenvalue weighted by Gasteiger charge is -2.21. The van der Waals surface area contributed by atoms with Gasteiger partial charge in [0.1, 0.15) is 11.4 Å². The van der Waals surface area contributed by atoms with Gasteiger partial charge in [-0.25, -0.2) is 4.90 Å². The van der Waals surface area contributed by atoms with Crippen LogP contribution in [-0.4, -0.2) is 25.5 Å². The molecular weight excluding hydrogens is 400 g/mol. The second kappa shape index (κ2) is 9.10. The molecule has 32 heavy (non-hydrogen) atoms. The summed E-state index contributed by atoms with van der Waals surface area (Å²) < 4.78 is 5.54. The van der Waals surface area contributed by atoms with Gasteiger partial charge in [-0.3, -0.25) is 9.59 Å². The normalized spacial score (nSPS) is 13.7. The maximum absolute atomic E-state index is 13.6. The predicted octanol–water partition coefficient (Wildman–Crippen LogP) is 5.07. The molecule has 162 valence electrons. The highest BCUT2D eigenvalue weighted by Gasteiger charge is 2.42. The number of carbonyl (C=O) groups excluding carboxylic acids is 2. The third-order valence-corrected chi connectivity index (χ3v) is 5.60. The fraction of sp³-hybridized carbons (Fsp3) is 0.185. The number of likely N-dealkylation sites (N-methyl/N-ethyl adjacent to an activating group) is 1. The summed E-state index contributed by atoms with van der Waals surface area (Å²) in [6.07, 6.45) is 0.889. The van der Waals surface area contributed by atoms with Crippen molar-refractivity contribution in [3.63, 3.8) is 0 Å². The first-order chi connectivity index (χ1) is 15.5. The van der Waals surface area contributed by atoms with Crippen LogP contribution in [0.15, 0.2) is 84.6 Å². The second-order valence-electron chi connectivity index (χ2n) is 7.54. The molecule has 4 rings (SSSR count). The quantitative estimate of drug-likeness (QED) is 0.495. The van der Waals surface area contributed by atoms with Crippen LogP contribution in [0.2, 0.25) is 0 Å². The maximum Gasteiger partial charge on any atom is 0.282 e. The number of ether oxygens (including phenoxy) is 1. The number of carbonyl (C=O) groups is 2. The fourth-order valence-electron chi connectivity index (χ4n) is 3.87. The van der Waals surface area contributed by atoms with Crippen molar-refractivity contribution in [1.82, 2.24) is 0 Å². The maximum atomic E-state index is 13.6. The lowest BCUT2D eigenvalue weighted by Crippen LogP contribution is -2.34. The molecule has 1 aliphatic rings.